The second-order valence-corrected chi connectivity index (χ2v) is 6.53. The minimum atomic E-state index is -0.782. The number of carbonyl (C=O) groups is 1. The standard InChI is InChI=1S/C20H23N5O3/c1-14-5-3-4-6-16(14)11-20-22-24-25(23-20)12-18(27)13-28-19-9-7-17(8-10-19)21-15(2)26/h3-10,18,27H,11-13H2,1-2H3,(H,21,26). The van der Waals surface area contributed by atoms with Crippen molar-refractivity contribution in [2.45, 2.75) is 32.9 Å². The first-order valence-electron chi connectivity index (χ1n) is 8.99. The molecule has 3 rings (SSSR count). The average Bonchev–Trinajstić information content (AvgIpc) is 3.09. The van der Waals surface area contributed by atoms with Gasteiger partial charge in [0.05, 0.1) is 6.54 Å². The smallest absolute Gasteiger partial charge is 0.221 e. The van der Waals surface area contributed by atoms with E-state index in [4.69, 9.17) is 4.74 Å². The second-order valence-electron chi connectivity index (χ2n) is 6.53. The third-order valence-corrected chi connectivity index (χ3v) is 4.10. The van der Waals surface area contributed by atoms with Gasteiger partial charge in [0.1, 0.15) is 18.5 Å². The normalized spacial score (nSPS) is 11.8. The molecule has 1 atom stereocenters. The Labute approximate surface area is 163 Å². The van der Waals surface area contributed by atoms with Crippen LogP contribution in [-0.2, 0) is 17.8 Å². The number of hydrogen-bond donors (Lipinski definition) is 2. The number of benzene rings is 2. The van der Waals surface area contributed by atoms with E-state index in [0.717, 1.165) is 5.56 Å². The number of rotatable bonds is 8. The first-order chi connectivity index (χ1) is 13.5. The summed E-state index contributed by atoms with van der Waals surface area (Å²) >= 11 is 0. The zero-order chi connectivity index (χ0) is 19.9. The summed E-state index contributed by atoms with van der Waals surface area (Å²) in [6, 6.07) is 15.0. The number of anilines is 1. The molecule has 0 aliphatic carbocycles. The monoisotopic (exact) mass is 381 g/mol. The number of ether oxygens (including phenoxy) is 1. The minimum Gasteiger partial charge on any atom is -0.491 e. The van der Waals surface area contributed by atoms with Crippen LogP contribution in [0.15, 0.2) is 48.5 Å². The highest BCUT2D eigenvalue weighted by molar-refractivity contribution is 5.88. The lowest BCUT2D eigenvalue weighted by atomic mass is 10.1. The van der Waals surface area contributed by atoms with Gasteiger partial charge in [0, 0.05) is 19.0 Å². The average molecular weight is 381 g/mol. The molecule has 0 aliphatic rings. The maximum absolute atomic E-state index is 11.0. The number of aromatic nitrogens is 4. The van der Waals surface area contributed by atoms with E-state index in [0.29, 0.717) is 23.7 Å². The largest absolute Gasteiger partial charge is 0.491 e. The molecular weight excluding hydrogens is 358 g/mol. The fourth-order valence-corrected chi connectivity index (χ4v) is 2.67. The Balaban J connectivity index is 1.48. The van der Waals surface area contributed by atoms with Gasteiger partial charge in [-0.15, -0.1) is 10.2 Å². The molecule has 0 saturated carbocycles. The summed E-state index contributed by atoms with van der Waals surface area (Å²) in [7, 11) is 0. The van der Waals surface area contributed by atoms with E-state index in [1.54, 1.807) is 24.3 Å². The van der Waals surface area contributed by atoms with Crippen molar-refractivity contribution < 1.29 is 14.6 Å². The predicted molar refractivity (Wildman–Crippen MR) is 104 cm³/mol. The topological polar surface area (TPSA) is 102 Å². The summed E-state index contributed by atoms with van der Waals surface area (Å²) in [5.41, 5.74) is 3.01. The molecule has 0 aliphatic heterocycles. The van der Waals surface area contributed by atoms with Gasteiger partial charge in [0.25, 0.3) is 0 Å². The zero-order valence-electron chi connectivity index (χ0n) is 15.9. The van der Waals surface area contributed by atoms with Crippen LogP contribution in [0, 0.1) is 6.92 Å². The first kappa shape index (κ1) is 19.5. The van der Waals surface area contributed by atoms with Crippen LogP contribution >= 0.6 is 0 Å². The van der Waals surface area contributed by atoms with Crippen molar-refractivity contribution >= 4 is 11.6 Å². The van der Waals surface area contributed by atoms with Crippen molar-refractivity contribution in [3.05, 3.63) is 65.5 Å². The van der Waals surface area contributed by atoms with E-state index in [1.807, 2.05) is 31.2 Å². The van der Waals surface area contributed by atoms with E-state index in [-0.39, 0.29) is 19.1 Å². The van der Waals surface area contributed by atoms with Gasteiger partial charge in [-0.1, -0.05) is 24.3 Å². The number of carbonyl (C=O) groups excluding carboxylic acids is 1. The molecule has 28 heavy (non-hydrogen) atoms. The molecule has 3 aromatic rings. The number of aryl methyl sites for hydroxylation is 1. The number of aliphatic hydroxyl groups excluding tert-OH is 1. The maximum Gasteiger partial charge on any atom is 0.221 e. The lowest BCUT2D eigenvalue weighted by Crippen LogP contribution is -2.25. The van der Waals surface area contributed by atoms with Gasteiger partial charge < -0.3 is 15.2 Å². The number of aliphatic hydroxyl groups is 1. The van der Waals surface area contributed by atoms with Gasteiger partial charge in [-0.2, -0.15) is 4.80 Å². The van der Waals surface area contributed by atoms with Crippen molar-refractivity contribution in [3.8, 4) is 5.75 Å². The molecule has 0 fully saturated rings. The Kier molecular flexibility index (Phi) is 6.33. The highest BCUT2D eigenvalue weighted by Crippen LogP contribution is 2.16. The Morgan fingerprint density at radius 2 is 1.96 bits per heavy atom. The molecule has 8 heteroatoms. The summed E-state index contributed by atoms with van der Waals surface area (Å²) in [6.07, 6.45) is -0.185. The highest BCUT2D eigenvalue weighted by atomic mass is 16.5. The third-order valence-electron chi connectivity index (χ3n) is 4.10. The molecule has 8 nitrogen and oxygen atoms in total. The lowest BCUT2D eigenvalue weighted by Gasteiger charge is -2.12. The Bertz CT molecular complexity index is 924. The Hall–Kier alpha value is -3.26. The van der Waals surface area contributed by atoms with E-state index in [2.05, 4.69) is 20.7 Å². The summed E-state index contributed by atoms with van der Waals surface area (Å²) in [6.45, 7) is 3.77. The molecule has 1 amide bonds. The zero-order valence-corrected chi connectivity index (χ0v) is 15.9. The second kappa shape index (κ2) is 9.09. The van der Waals surface area contributed by atoms with Crippen LogP contribution in [0.1, 0.15) is 23.9 Å². The molecule has 0 spiro atoms. The highest BCUT2D eigenvalue weighted by Gasteiger charge is 2.11. The molecule has 1 unspecified atom stereocenters. The van der Waals surface area contributed by atoms with Gasteiger partial charge in [0.15, 0.2) is 5.82 Å². The van der Waals surface area contributed by atoms with Crippen LogP contribution in [0.2, 0.25) is 0 Å². The SMILES string of the molecule is CC(=O)Nc1ccc(OCC(O)Cn2nnc(Cc3ccccc3C)n2)cc1. The Morgan fingerprint density at radius 3 is 2.68 bits per heavy atom. The first-order valence-corrected chi connectivity index (χ1v) is 8.99. The molecule has 0 saturated heterocycles. The van der Waals surface area contributed by atoms with E-state index in [9.17, 15) is 9.90 Å². The van der Waals surface area contributed by atoms with Crippen molar-refractivity contribution in [1.82, 2.24) is 20.2 Å². The van der Waals surface area contributed by atoms with Crippen molar-refractivity contribution in [2.24, 2.45) is 0 Å². The van der Waals surface area contributed by atoms with Crippen molar-refractivity contribution in [3.63, 3.8) is 0 Å². The van der Waals surface area contributed by atoms with E-state index in [1.165, 1.54) is 17.3 Å². The van der Waals surface area contributed by atoms with Gasteiger partial charge in [-0.25, -0.2) is 0 Å². The lowest BCUT2D eigenvalue weighted by molar-refractivity contribution is -0.114. The summed E-state index contributed by atoms with van der Waals surface area (Å²) in [4.78, 5) is 12.4. The maximum atomic E-state index is 11.0. The molecule has 1 heterocycles. The summed E-state index contributed by atoms with van der Waals surface area (Å²) < 4.78 is 5.57. The number of nitrogens with zero attached hydrogens (tertiary/aromatic N) is 4. The molecular formula is C20H23N5O3. The van der Waals surface area contributed by atoms with Crippen LogP contribution < -0.4 is 10.1 Å². The molecule has 0 radical (unpaired) electrons. The fraction of sp³-hybridized carbons (Fsp3) is 0.300. The molecule has 2 aromatic carbocycles. The number of tetrazole rings is 1. The summed E-state index contributed by atoms with van der Waals surface area (Å²) in [5.74, 6) is 1.07. The van der Waals surface area contributed by atoms with Crippen molar-refractivity contribution in [1.29, 1.82) is 0 Å². The van der Waals surface area contributed by atoms with Crippen LogP contribution in [0.3, 0.4) is 0 Å². The van der Waals surface area contributed by atoms with Gasteiger partial charge in [0.2, 0.25) is 5.91 Å². The molecule has 1 aromatic heterocycles. The number of nitrogens with one attached hydrogen (secondary N) is 1. The van der Waals surface area contributed by atoms with Crippen LogP contribution in [0.5, 0.6) is 5.75 Å². The number of amides is 1. The molecule has 146 valence electrons. The number of hydrogen-bond acceptors (Lipinski definition) is 6. The quantitative estimate of drug-likeness (QED) is 0.618. The molecule has 2 N–H and O–H groups in total. The minimum absolute atomic E-state index is 0.0914. The van der Waals surface area contributed by atoms with E-state index >= 15 is 0 Å². The van der Waals surface area contributed by atoms with E-state index < -0.39 is 6.10 Å². The van der Waals surface area contributed by atoms with Crippen LogP contribution in [0.25, 0.3) is 0 Å². The van der Waals surface area contributed by atoms with Gasteiger partial charge in [-0.05, 0) is 47.5 Å². The summed E-state index contributed by atoms with van der Waals surface area (Å²) in [5, 5.41) is 25.2. The van der Waals surface area contributed by atoms with Gasteiger partial charge in [-0.3, -0.25) is 4.79 Å². The fourth-order valence-electron chi connectivity index (χ4n) is 2.67. The van der Waals surface area contributed by atoms with Crippen LogP contribution in [-0.4, -0.2) is 43.9 Å². The predicted octanol–water partition coefficient (Wildman–Crippen LogP) is 1.97. The van der Waals surface area contributed by atoms with Crippen molar-refractivity contribution in [2.75, 3.05) is 11.9 Å². The van der Waals surface area contributed by atoms with Crippen LogP contribution in [0.4, 0.5) is 5.69 Å². The molecule has 0 bridgehead atoms. The Morgan fingerprint density at radius 1 is 1.21 bits per heavy atom. The van der Waals surface area contributed by atoms with Gasteiger partial charge >= 0.3 is 0 Å². The third kappa shape index (κ3) is 5.62.